The maximum atomic E-state index is 12.7. The number of non-ortho nitro benzene ring substituents is 1. The summed E-state index contributed by atoms with van der Waals surface area (Å²) in [5, 5.41) is 11.1. The number of anilines is 1. The molecule has 1 aromatic carbocycles. The molecule has 1 saturated heterocycles. The van der Waals surface area contributed by atoms with Crippen molar-refractivity contribution in [2.24, 2.45) is 0 Å². The first-order valence-corrected chi connectivity index (χ1v) is 9.00. The first kappa shape index (κ1) is 16.1. The number of nitro groups is 1. The van der Waals surface area contributed by atoms with Crippen LogP contribution in [-0.2, 0) is 10.0 Å². The molecular weight excluding hydrogens is 314 g/mol. The Labute approximate surface area is 127 Å². The van der Waals surface area contributed by atoms with Gasteiger partial charge in [0.1, 0.15) is 4.90 Å². The van der Waals surface area contributed by atoms with E-state index in [4.69, 9.17) is 5.73 Å². The highest BCUT2D eigenvalue weighted by atomic mass is 32.2. The fourth-order valence-corrected chi connectivity index (χ4v) is 5.17. The monoisotopic (exact) mass is 331 g/mol. The van der Waals surface area contributed by atoms with Crippen LogP contribution in [0.4, 0.5) is 11.4 Å². The van der Waals surface area contributed by atoms with Crippen molar-refractivity contribution in [2.75, 3.05) is 24.6 Å². The predicted molar refractivity (Wildman–Crippen MR) is 82.8 cm³/mol. The molecule has 1 atom stereocenters. The van der Waals surface area contributed by atoms with Gasteiger partial charge < -0.3 is 5.73 Å². The largest absolute Gasteiger partial charge is 0.398 e. The van der Waals surface area contributed by atoms with E-state index in [1.54, 1.807) is 11.8 Å². The highest BCUT2D eigenvalue weighted by molar-refractivity contribution is 8.00. The zero-order valence-electron chi connectivity index (χ0n) is 11.6. The molecule has 9 heteroatoms. The van der Waals surface area contributed by atoms with Crippen LogP contribution < -0.4 is 5.73 Å². The van der Waals surface area contributed by atoms with Crippen molar-refractivity contribution < 1.29 is 13.3 Å². The van der Waals surface area contributed by atoms with Gasteiger partial charge in [-0.25, -0.2) is 8.42 Å². The standard InChI is InChI=1S/C12H17N3O4S2/c1-2-10-8-14(5-6-20-10)21(18,19)12-7-9(15(16)17)3-4-11(12)13/h3-4,7,10H,2,5-6,8,13H2,1H3. The summed E-state index contributed by atoms with van der Waals surface area (Å²) in [4.78, 5) is 10.0. The van der Waals surface area contributed by atoms with Gasteiger partial charge in [0.2, 0.25) is 10.0 Å². The molecule has 0 aliphatic carbocycles. The molecule has 0 bridgehead atoms. The van der Waals surface area contributed by atoms with E-state index < -0.39 is 14.9 Å². The van der Waals surface area contributed by atoms with Crippen LogP contribution in [0.25, 0.3) is 0 Å². The SMILES string of the molecule is CCC1CN(S(=O)(=O)c2cc([N+](=O)[O-])ccc2N)CCS1. The van der Waals surface area contributed by atoms with Crippen molar-refractivity contribution in [3.8, 4) is 0 Å². The maximum Gasteiger partial charge on any atom is 0.270 e. The molecule has 0 amide bonds. The number of nitro benzene ring substituents is 1. The number of rotatable bonds is 4. The number of benzene rings is 1. The van der Waals surface area contributed by atoms with Crippen LogP contribution in [0.3, 0.4) is 0 Å². The molecule has 0 radical (unpaired) electrons. The molecule has 2 rings (SSSR count). The number of nitrogens with two attached hydrogens (primary N) is 1. The van der Waals surface area contributed by atoms with Crippen molar-refractivity contribution in [3.05, 3.63) is 28.3 Å². The number of hydrogen-bond donors (Lipinski definition) is 1. The minimum absolute atomic E-state index is 0.0341. The lowest BCUT2D eigenvalue weighted by atomic mass is 10.3. The zero-order valence-corrected chi connectivity index (χ0v) is 13.2. The lowest BCUT2D eigenvalue weighted by Crippen LogP contribution is -2.41. The average molecular weight is 331 g/mol. The topological polar surface area (TPSA) is 107 Å². The highest BCUT2D eigenvalue weighted by Crippen LogP contribution is 2.30. The second-order valence-electron chi connectivity index (χ2n) is 4.74. The molecular formula is C12H17N3O4S2. The normalized spacial score (nSPS) is 20.3. The van der Waals surface area contributed by atoms with E-state index in [-0.39, 0.29) is 21.5 Å². The van der Waals surface area contributed by atoms with E-state index in [0.717, 1.165) is 12.5 Å². The minimum Gasteiger partial charge on any atom is -0.398 e. The Morgan fingerprint density at radius 3 is 2.86 bits per heavy atom. The third-order valence-electron chi connectivity index (χ3n) is 3.38. The third kappa shape index (κ3) is 3.30. The van der Waals surface area contributed by atoms with Gasteiger partial charge in [0.25, 0.3) is 5.69 Å². The van der Waals surface area contributed by atoms with Gasteiger partial charge in [-0.15, -0.1) is 0 Å². The molecule has 0 saturated carbocycles. The fourth-order valence-electron chi connectivity index (χ4n) is 2.16. The highest BCUT2D eigenvalue weighted by Gasteiger charge is 2.32. The van der Waals surface area contributed by atoms with Gasteiger partial charge in [-0.2, -0.15) is 16.1 Å². The molecule has 21 heavy (non-hydrogen) atoms. The summed E-state index contributed by atoms with van der Waals surface area (Å²) < 4.78 is 26.7. The molecule has 7 nitrogen and oxygen atoms in total. The summed E-state index contributed by atoms with van der Waals surface area (Å²) in [6, 6.07) is 3.50. The first-order valence-electron chi connectivity index (χ1n) is 6.52. The lowest BCUT2D eigenvalue weighted by molar-refractivity contribution is -0.385. The van der Waals surface area contributed by atoms with Crippen molar-refractivity contribution in [3.63, 3.8) is 0 Å². The molecule has 1 heterocycles. The Bertz CT molecular complexity index is 648. The van der Waals surface area contributed by atoms with Gasteiger partial charge in [0, 0.05) is 36.2 Å². The van der Waals surface area contributed by atoms with Crippen molar-refractivity contribution >= 4 is 33.2 Å². The predicted octanol–water partition coefficient (Wildman–Crippen LogP) is 1.69. The quantitative estimate of drug-likeness (QED) is 0.511. The van der Waals surface area contributed by atoms with Gasteiger partial charge in [0.05, 0.1) is 10.6 Å². The molecule has 1 fully saturated rings. The second kappa shape index (κ2) is 6.20. The molecule has 1 aliphatic rings. The van der Waals surface area contributed by atoms with Gasteiger partial charge in [-0.1, -0.05) is 6.92 Å². The number of sulfonamides is 1. The average Bonchev–Trinajstić information content (AvgIpc) is 2.47. The van der Waals surface area contributed by atoms with Crippen LogP contribution in [0.15, 0.2) is 23.1 Å². The molecule has 116 valence electrons. The summed E-state index contributed by atoms with van der Waals surface area (Å²) in [5.41, 5.74) is 5.47. The van der Waals surface area contributed by atoms with Crippen LogP contribution >= 0.6 is 11.8 Å². The molecule has 1 unspecified atom stereocenters. The zero-order chi connectivity index (χ0) is 15.6. The van der Waals surface area contributed by atoms with Crippen molar-refractivity contribution in [1.82, 2.24) is 4.31 Å². The second-order valence-corrected chi connectivity index (χ2v) is 8.06. The van der Waals surface area contributed by atoms with Crippen LogP contribution in [-0.4, -0.2) is 41.7 Å². The van der Waals surface area contributed by atoms with Gasteiger partial charge >= 0.3 is 0 Å². The van der Waals surface area contributed by atoms with E-state index in [9.17, 15) is 18.5 Å². The number of hydrogen-bond acceptors (Lipinski definition) is 6. The molecule has 0 spiro atoms. The van der Waals surface area contributed by atoms with Crippen LogP contribution in [0.5, 0.6) is 0 Å². The van der Waals surface area contributed by atoms with Crippen LogP contribution in [0.1, 0.15) is 13.3 Å². The van der Waals surface area contributed by atoms with E-state index in [0.29, 0.717) is 18.8 Å². The molecule has 1 aliphatic heterocycles. The van der Waals surface area contributed by atoms with E-state index in [1.807, 2.05) is 6.92 Å². The van der Waals surface area contributed by atoms with Crippen molar-refractivity contribution in [1.29, 1.82) is 0 Å². The first-order chi connectivity index (χ1) is 9.86. The number of thioether (sulfide) groups is 1. The lowest BCUT2D eigenvalue weighted by Gasteiger charge is -2.31. The summed E-state index contributed by atoms with van der Waals surface area (Å²) in [6.07, 6.45) is 0.876. The number of nitrogens with zero attached hydrogens (tertiary/aromatic N) is 2. The molecule has 0 aromatic heterocycles. The summed E-state index contributed by atoms with van der Waals surface area (Å²) in [7, 11) is -3.80. The molecule has 1 aromatic rings. The Morgan fingerprint density at radius 1 is 1.52 bits per heavy atom. The summed E-state index contributed by atoms with van der Waals surface area (Å²) in [5.74, 6) is 0.715. The van der Waals surface area contributed by atoms with Gasteiger partial charge in [0.15, 0.2) is 0 Å². The maximum absolute atomic E-state index is 12.7. The smallest absolute Gasteiger partial charge is 0.270 e. The van der Waals surface area contributed by atoms with E-state index in [2.05, 4.69) is 0 Å². The minimum atomic E-state index is -3.80. The van der Waals surface area contributed by atoms with Crippen LogP contribution in [0, 0.1) is 10.1 Å². The van der Waals surface area contributed by atoms with Crippen molar-refractivity contribution in [2.45, 2.75) is 23.5 Å². The van der Waals surface area contributed by atoms with E-state index >= 15 is 0 Å². The number of nitrogen functional groups attached to an aromatic ring is 1. The Morgan fingerprint density at radius 2 is 2.24 bits per heavy atom. The summed E-state index contributed by atoms with van der Waals surface area (Å²) in [6.45, 7) is 2.81. The Balaban J connectivity index is 2.39. The third-order valence-corrected chi connectivity index (χ3v) is 6.68. The molecule has 2 N–H and O–H groups in total. The van der Waals surface area contributed by atoms with E-state index in [1.165, 1.54) is 16.4 Å². The van der Waals surface area contributed by atoms with Gasteiger partial charge in [-0.05, 0) is 12.5 Å². The van der Waals surface area contributed by atoms with Gasteiger partial charge in [-0.3, -0.25) is 10.1 Å². The fraction of sp³-hybridized carbons (Fsp3) is 0.500. The Hall–Kier alpha value is -1.32. The Kier molecular flexibility index (Phi) is 4.74. The summed E-state index contributed by atoms with van der Waals surface area (Å²) >= 11 is 1.74. The van der Waals surface area contributed by atoms with Crippen LogP contribution in [0.2, 0.25) is 0 Å².